The molecule has 28 heavy (non-hydrogen) atoms. The number of para-hydroxylation sites is 1. The van der Waals surface area contributed by atoms with E-state index in [2.05, 4.69) is 17.1 Å². The number of aromatic amines is 1. The lowest BCUT2D eigenvalue weighted by Crippen LogP contribution is -2.61. The highest BCUT2D eigenvalue weighted by molar-refractivity contribution is 6.10. The molecule has 3 aromatic rings. The van der Waals surface area contributed by atoms with Crippen LogP contribution in [0.25, 0.3) is 21.8 Å². The number of rotatable bonds is 2. The normalized spacial score (nSPS) is 33.6. The fourth-order valence-corrected chi connectivity index (χ4v) is 6.91. The van der Waals surface area contributed by atoms with Gasteiger partial charge in [-0.3, -0.25) is 4.79 Å². The zero-order valence-corrected chi connectivity index (χ0v) is 16.2. The van der Waals surface area contributed by atoms with Gasteiger partial charge >= 0.3 is 0 Å². The molecule has 2 atom stereocenters. The molecule has 4 heteroatoms. The summed E-state index contributed by atoms with van der Waals surface area (Å²) in [6, 6.07) is 14.5. The van der Waals surface area contributed by atoms with E-state index in [-0.39, 0.29) is 11.9 Å². The predicted molar refractivity (Wildman–Crippen MR) is 110 cm³/mol. The Kier molecular flexibility index (Phi) is 3.32. The van der Waals surface area contributed by atoms with E-state index in [1.807, 2.05) is 42.3 Å². The van der Waals surface area contributed by atoms with Crippen LogP contribution < -0.4 is 0 Å². The number of H-pyrrole nitrogens is 1. The molecule has 2 unspecified atom stereocenters. The molecule has 1 aromatic heterocycles. The third-order valence-corrected chi connectivity index (χ3v) is 7.71. The van der Waals surface area contributed by atoms with Crippen LogP contribution >= 0.6 is 0 Å². The molecule has 144 valence electrons. The topological polar surface area (TPSA) is 56.3 Å². The first-order valence-electron chi connectivity index (χ1n) is 10.5. The highest BCUT2D eigenvalue weighted by Gasteiger charge is 2.56. The molecule has 7 rings (SSSR count). The maximum Gasteiger partial charge on any atom is 0.253 e. The Morgan fingerprint density at radius 1 is 1.04 bits per heavy atom. The zero-order valence-electron chi connectivity index (χ0n) is 16.2. The minimum Gasteiger partial charge on any atom is -0.390 e. The molecule has 1 heterocycles. The van der Waals surface area contributed by atoms with Gasteiger partial charge in [0.25, 0.3) is 5.91 Å². The van der Waals surface area contributed by atoms with Crippen molar-refractivity contribution in [1.29, 1.82) is 0 Å². The molecular weight excluding hydrogens is 348 g/mol. The summed E-state index contributed by atoms with van der Waals surface area (Å²) in [5, 5.41) is 13.1. The summed E-state index contributed by atoms with van der Waals surface area (Å²) in [6.45, 7) is 0. The maximum atomic E-state index is 13.4. The van der Waals surface area contributed by atoms with Crippen molar-refractivity contribution in [3.05, 3.63) is 48.0 Å². The van der Waals surface area contributed by atoms with Crippen LogP contribution in [0.3, 0.4) is 0 Å². The second kappa shape index (κ2) is 5.60. The number of carbonyl (C=O) groups is 1. The van der Waals surface area contributed by atoms with Crippen LogP contribution in [0.4, 0.5) is 0 Å². The largest absolute Gasteiger partial charge is 0.390 e. The lowest BCUT2D eigenvalue weighted by Gasteiger charge is -2.59. The minimum atomic E-state index is -0.458. The maximum absolute atomic E-state index is 13.4. The summed E-state index contributed by atoms with van der Waals surface area (Å²) >= 11 is 0. The number of aromatic nitrogens is 1. The van der Waals surface area contributed by atoms with Crippen molar-refractivity contribution in [2.45, 2.75) is 43.7 Å². The number of hydrogen-bond donors (Lipinski definition) is 2. The second-order valence-electron chi connectivity index (χ2n) is 9.53. The summed E-state index contributed by atoms with van der Waals surface area (Å²) < 4.78 is 0. The summed E-state index contributed by atoms with van der Waals surface area (Å²) in [5.41, 5.74) is 2.47. The van der Waals surface area contributed by atoms with Crippen molar-refractivity contribution in [3.8, 4) is 0 Å². The number of amides is 1. The molecule has 4 fully saturated rings. The van der Waals surface area contributed by atoms with E-state index >= 15 is 0 Å². The predicted octanol–water partition coefficient (Wildman–Crippen LogP) is 4.33. The number of aliphatic hydroxyl groups is 1. The Bertz CT molecular complexity index is 1080. The smallest absolute Gasteiger partial charge is 0.253 e. The average molecular weight is 374 g/mol. The summed E-state index contributed by atoms with van der Waals surface area (Å²) in [6.07, 6.45) is 5.04. The number of fused-ring (bicyclic) bond motifs is 3. The molecule has 4 aliphatic carbocycles. The number of nitrogens with one attached hydrogen (secondary N) is 1. The van der Waals surface area contributed by atoms with Gasteiger partial charge in [0, 0.05) is 40.5 Å². The summed E-state index contributed by atoms with van der Waals surface area (Å²) in [5.74, 6) is 1.66. The Morgan fingerprint density at radius 2 is 1.75 bits per heavy atom. The highest BCUT2D eigenvalue weighted by atomic mass is 16.3. The van der Waals surface area contributed by atoms with Crippen molar-refractivity contribution in [3.63, 3.8) is 0 Å². The fraction of sp³-hybridized carbons (Fsp3) is 0.458. The van der Waals surface area contributed by atoms with Crippen molar-refractivity contribution < 1.29 is 9.90 Å². The first kappa shape index (κ1) is 16.6. The van der Waals surface area contributed by atoms with E-state index in [0.29, 0.717) is 17.8 Å². The van der Waals surface area contributed by atoms with Gasteiger partial charge in [-0.2, -0.15) is 0 Å². The second-order valence-corrected chi connectivity index (χ2v) is 9.53. The average Bonchev–Trinajstić information content (AvgIpc) is 3.03. The quantitative estimate of drug-likeness (QED) is 0.701. The van der Waals surface area contributed by atoms with E-state index < -0.39 is 5.60 Å². The SMILES string of the molecule is CN(C(=O)c1ccc2[nH]c3ccccc3c2c1)C1C2CC3CC1CC(O)(C3)C2. The third-order valence-electron chi connectivity index (χ3n) is 7.71. The van der Waals surface area contributed by atoms with E-state index in [1.54, 1.807) is 0 Å². The third kappa shape index (κ3) is 2.30. The van der Waals surface area contributed by atoms with Crippen LogP contribution in [0.1, 0.15) is 42.5 Å². The molecule has 2 aromatic carbocycles. The Morgan fingerprint density at radius 3 is 2.50 bits per heavy atom. The number of benzene rings is 2. The number of nitrogens with zero attached hydrogens (tertiary/aromatic N) is 1. The molecule has 4 bridgehead atoms. The van der Waals surface area contributed by atoms with Gasteiger partial charge in [-0.25, -0.2) is 0 Å². The van der Waals surface area contributed by atoms with Gasteiger partial charge in [0.15, 0.2) is 0 Å². The number of carbonyl (C=O) groups excluding carboxylic acids is 1. The first-order valence-corrected chi connectivity index (χ1v) is 10.5. The van der Waals surface area contributed by atoms with Crippen LogP contribution in [-0.4, -0.2) is 39.6 Å². The van der Waals surface area contributed by atoms with Gasteiger partial charge in [-0.05, 0) is 74.1 Å². The van der Waals surface area contributed by atoms with E-state index in [1.165, 1.54) is 12.8 Å². The van der Waals surface area contributed by atoms with Gasteiger partial charge in [0.1, 0.15) is 0 Å². The molecule has 0 saturated heterocycles. The van der Waals surface area contributed by atoms with Gasteiger partial charge in [-0.1, -0.05) is 18.2 Å². The van der Waals surface area contributed by atoms with Gasteiger partial charge in [0.05, 0.1) is 5.60 Å². The molecule has 4 nitrogen and oxygen atoms in total. The highest BCUT2D eigenvalue weighted by Crippen LogP contribution is 2.56. The van der Waals surface area contributed by atoms with Crippen LogP contribution in [0.15, 0.2) is 42.5 Å². The van der Waals surface area contributed by atoms with E-state index in [0.717, 1.165) is 46.6 Å². The van der Waals surface area contributed by atoms with Crippen molar-refractivity contribution in [2.24, 2.45) is 17.8 Å². The molecule has 1 amide bonds. The lowest BCUT2D eigenvalue weighted by molar-refractivity contribution is -0.152. The summed E-state index contributed by atoms with van der Waals surface area (Å²) in [4.78, 5) is 18.8. The molecule has 2 N–H and O–H groups in total. The van der Waals surface area contributed by atoms with E-state index in [9.17, 15) is 9.90 Å². The van der Waals surface area contributed by atoms with Crippen LogP contribution in [0, 0.1) is 17.8 Å². The molecule has 0 spiro atoms. The van der Waals surface area contributed by atoms with Crippen LogP contribution in [0.2, 0.25) is 0 Å². The monoisotopic (exact) mass is 374 g/mol. The Balaban J connectivity index is 1.34. The Hall–Kier alpha value is -2.33. The summed E-state index contributed by atoms with van der Waals surface area (Å²) in [7, 11) is 1.97. The zero-order chi connectivity index (χ0) is 19.0. The first-order chi connectivity index (χ1) is 13.5. The standard InChI is InChI=1S/C24H26N2O2/c1-26(22-16-8-14-9-17(22)13-24(28,11-14)12-16)23(27)15-6-7-21-19(10-15)18-4-2-3-5-20(18)25-21/h2-7,10,14,16-17,22,25,28H,8-9,11-13H2,1H3. The van der Waals surface area contributed by atoms with Crippen LogP contribution in [0.5, 0.6) is 0 Å². The van der Waals surface area contributed by atoms with Crippen molar-refractivity contribution in [1.82, 2.24) is 9.88 Å². The molecule has 4 aliphatic rings. The fourth-order valence-electron chi connectivity index (χ4n) is 6.91. The van der Waals surface area contributed by atoms with Crippen LogP contribution in [-0.2, 0) is 0 Å². The molecule has 0 aliphatic heterocycles. The van der Waals surface area contributed by atoms with Gasteiger partial charge < -0.3 is 15.0 Å². The van der Waals surface area contributed by atoms with Crippen molar-refractivity contribution >= 4 is 27.7 Å². The van der Waals surface area contributed by atoms with Gasteiger partial charge in [-0.15, -0.1) is 0 Å². The Labute approximate surface area is 164 Å². The lowest BCUT2D eigenvalue weighted by atomic mass is 9.52. The number of hydrogen-bond acceptors (Lipinski definition) is 2. The molecular formula is C24H26N2O2. The van der Waals surface area contributed by atoms with Gasteiger partial charge in [0.2, 0.25) is 0 Å². The molecule has 4 saturated carbocycles. The van der Waals surface area contributed by atoms with E-state index in [4.69, 9.17) is 0 Å². The minimum absolute atomic E-state index is 0.108. The molecule has 0 radical (unpaired) electrons. The van der Waals surface area contributed by atoms with Crippen molar-refractivity contribution in [2.75, 3.05) is 7.05 Å².